The number of sulfonamides is 1. The molecule has 1 aliphatic heterocycles. The molecule has 3 rings (SSSR count). The third kappa shape index (κ3) is 4.06. The van der Waals surface area contributed by atoms with E-state index in [0.717, 1.165) is 22.1 Å². The van der Waals surface area contributed by atoms with Crippen molar-refractivity contribution < 1.29 is 13.2 Å². The molecule has 1 fully saturated rings. The van der Waals surface area contributed by atoms with Crippen LogP contribution >= 0.6 is 11.5 Å². The molecular weight excluding hydrogens is 372 g/mol. The monoisotopic (exact) mass is 396 g/mol. The molecule has 142 valence electrons. The molecule has 9 heteroatoms. The van der Waals surface area contributed by atoms with Gasteiger partial charge >= 0.3 is 0 Å². The number of rotatable bonds is 6. The van der Waals surface area contributed by atoms with E-state index in [1.54, 1.807) is 23.5 Å². The van der Waals surface area contributed by atoms with Crippen LogP contribution in [0.1, 0.15) is 17.0 Å². The van der Waals surface area contributed by atoms with Crippen molar-refractivity contribution in [3.63, 3.8) is 0 Å². The van der Waals surface area contributed by atoms with Crippen LogP contribution in [0.4, 0.5) is 5.13 Å². The zero-order valence-corrected chi connectivity index (χ0v) is 16.9. The Bertz CT molecular complexity index is 859. The molecule has 1 aliphatic rings. The van der Waals surface area contributed by atoms with Crippen LogP contribution in [0.5, 0.6) is 0 Å². The Hall–Kier alpha value is -1.55. The summed E-state index contributed by atoms with van der Waals surface area (Å²) < 4.78 is 36.7. The summed E-state index contributed by atoms with van der Waals surface area (Å²) in [5.41, 5.74) is 2.08. The second kappa shape index (κ2) is 7.99. The fraction of sp³-hybridized carbons (Fsp3) is 0.529. The maximum atomic E-state index is 12.9. The number of aryl methyl sites for hydroxylation is 2. The molecule has 0 spiro atoms. The van der Waals surface area contributed by atoms with Crippen molar-refractivity contribution in [2.24, 2.45) is 0 Å². The molecule has 0 amide bonds. The van der Waals surface area contributed by atoms with Gasteiger partial charge in [-0.25, -0.2) is 13.4 Å². The first-order chi connectivity index (χ1) is 12.4. The summed E-state index contributed by atoms with van der Waals surface area (Å²) in [5, 5.41) is 0.847. The summed E-state index contributed by atoms with van der Waals surface area (Å²) in [4.78, 5) is 6.99. The van der Waals surface area contributed by atoms with E-state index in [4.69, 9.17) is 4.74 Å². The van der Waals surface area contributed by atoms with E-state index in [0.29, 0.717) is 44.1 Å². The Morgan fingerprint density at radius 3 is 2.54 bits per heavy atom. The summed E-state index contributed by atoms with van der Waals surface area (Å²) >= 11 is 1.36. The van der Waals surface area contributed by atoms with Crippen LogP contribution in [0.3, 0.4) is 0 Å². The van der Waals surface area contributed by atoms with E-state index >= 15 is 0 Å². The molecule has 1 aromatic carbocycles. The fourth-order valence-electron chi connectivity index (χ4n) is 2.81. The average molecular weight is 397 g/mol. The summed E-state index contributed by atoms with van der Waals surface area (Å²) in [6, 6.07) is 5.31. The summed E-state index contributed by atoms with van der Waals surface area (Å²) in [6.07, 6.45) is 0.689. The molecule has 2 heterocycles. The first-order valence-corrected chi connectivity index (χ1v) is 10.8. The molecule has 2 aromatic rings. The van der Waals surface area contributed by atoms with Gasteiger partial charge in [-0.3, -0.25) is 0 Å². The largest absolute Gasteiger partial charge is 0.384 e. The van der Waals surface area contributed by atoms with Gasteiger partial charge in [0.15, 0.2) is 0 Å². The topological polar surface area (TPSA) is 75.6 Å². The molecule has 0 saturated carbocycles. The second-order valence-corrected chi connectivity index (χ2v) is 9.04. The molecule has 0 bridgehead atoms. The lowest BCUT2D eigenvalue weighted by Gasteiger charge is -2.33. The van der Waals surface area contributed by atoms with Crippen molar-refractivity contribution in [3.8, 4) is 0 Å². The number of methoxy groups -OCH3 is 1. The minimum absolute atomic E-state index is 0.367. The standard InChI is InChI=1S/C17H24N4O3S2/c1-13-4-5-15(12-14(13)2)26(22,23)21-9-7-20(8-10-21)17-18-16(19-25-17)6-11-24-3/h4-5,12H,6-11H2,1-3H3. The van der Waals surface area contributed by atoms with E-state index in [2.05, 4.69) is 14.3 Å². The predicted molar refractivity (Wildman–Crippen MR) is 102 cm³/mol. The van der Waals surface area contributed by atoms with Gasteiger partial charge in [0.1, 0.15) is 5.82 Å². The molecule has 0 unspecified atom stereocenters. The number of nitrogens with zero attached hydrogens (tertiary/aromatic N) is 4. The van der Waals surface area contributed by atoms with E-state index in [-0.39, 0.29) is 0 Å². The molecule has 1 aromatic heterocycles. The number of ether oxygens (including phenoxy) is 1. The number of aromatic nitrogens is 2. The molecule has 1 saturated heterocycles. The van der Waals surface area contributed by atoms with Crippen molar-refractivity contribution in [1.29, 1.82) is 0 Å². The maximum absolute atomic E-state index is 12.9. The van der Waals surface area contributed by atoms with E-state index in [1.807, 2.05) is 19.9 Å². The first-order valence-electron chi connectivity index (χ1n) is 8.55. The first kappa shape index (κ1) is 19.2. The third-order valence-electron chi connectivity index (χ3n) is 4.61. The van der Waals surface area contributed by atoms with Gasteiger partial charge in [0, 0.05) is 51.2 Å². The Kier molecular flexibility index (Phi) is 5.91. The van der Waals surface area contributed by atoms with Crippen molar-refractivity contribution in [2.45, 2.75) is 25.2 Å². The minimum Gasteiger partial charge on any atom is -0.384 e. The van der Waals surface area contributed by atoms with Crippen LogP contribution in [0.2, 0.25) is 0 Å². The average Bonchev–Trinajstić information content (AvgIpc) is 3.11. The summed E-state index contributed by atoms with van der Waals surface area (Å²) in [6.45, 7) is 6.63. The number of piperazine rings is 1. The van der Waals surface area contributed by atoms with Crippen molar-refractivity contribution in [3.05, 3.63) is 35.2 Å². The number of anilines is 1. The van der Waals surface area contributed by atoms with Crippen molar-refractivity contribution in [2.75, 3.05) is 44.8 Å². The van der Waals surface area contributed by atoms with E-state index in [1.165, 1.54) is 11.5 Å². The lowest BCUT2D eigenvalue weighted by molar-refractivity contribution is 0.201. The summed E-state index contributed by atoms with van der Waals surface area (Å²) in [5.74, 6) is 0.775. The summed E-state index contributed by atoms with van der Waals surface area (Å²) in [7, 11) is -1.80. The normalized spacial score (nSPS) is 16.2. The number of hydrogen-bond acceptors (Lipinski definition) is 7. The van der Waals surface area contributed by atoms with Gasteiger partial charge in [-0.15, -0.1) is 0 Å². The molecular formula is C17H24N4O3S2. The van der Waals surface area contributed by atoms with Gasteiger partial charge in [0.25, 0.3) is 0 Å². The predicted octanol–water partition coefficient (Wildman–Crippen LogP) is 1.85. The van der Waals surface area contributed by atoms with Gasteiger partial charge in [-0.05, 0) is 37.1 Å². The maximum Gasteiger partial charge on any atom is 0.243 e. The Balaban J connectivity index is 1.65. The third-order valence-corrected chi connectivity index (χ3v) is 7.32. The van der Waals surface area contributed by atoms with Crippen LogP contribution in [0, 0.1) is 13.8 Å². The lowest BCUT2D eigenvalue weighted by atomic mass is 10.1. The van der Waals surface area contributed by atoms with Gasteiger partial charge in [-0.2, -0.15) is 8.68 Å². The number of benzene rings is 1. The van der Waals surface area contributed by atoms with Crippen LogP contribution < -0.4 is 4.90 Å². The van der Waals surface area contributed by atoms with Gasteiger partial charge in [0.05, 0.1) is 11.5 Å². The Morgan fingerprint density at radius 2 is 1.88 bits per heavy atom. The highest BCUT2D eigenvalue weighted by molar-refractivity contribution is 7.89. The second-order valence-electron chi connectivity index (χ2n) is 6.37. The van der Waals surface area contributed by atoms with Crippen LogP contribution in [0.25, 0.3) is 0 Å². The smallest absolute Gasteiger partial charge is 0.243 e. The SMILES string of the molecule is COCCc1nsc(N2CCN(S(=O)(=O)c3ccc(C)c(C)c3)CC2)n1. The lowest BCUT2D eigenvalue weighted by Crippen LogP contribution is -2.48. The quantitative estimate of drug-likeness (QED) is 0.742. The van der Waals surface area contributed by atoms with Crippen LogP contribution in [-0.2, 0) is 21.2 Å². The molecule has 0 radical (unpaired) electrons. The zero-order chi connectivity index (χ0) is 18.7. The highest BCUT2D eigenvalue weighted by Crippen LogP contribution is 2.23. The molecule has 0 N–H and O–H groups in total. The minimum atomic E-state index is -3.46. The fourth-order valence-corrected chi connectivity index (χ4v) is 5.08. The Morgan fingerprint density at radius 1 is 1.15 bits per heavy atom. The van der Waals surface area contributed by atoms with E-state index < -0.39 is 10.0 Å². The van der Waals surface area contributed by atoms with Crippen molar-refractivity contribution >= 4 is 26.7 Å². The van der Waals surface area contributed by atoms with E-state index in [9.17, 15) is 8.42 Å². The van der Waals surface area contributed by atoms with Gasteiger partial charge in [0.2, 0.25) is 15.2 Å². The Labute approximate surface area is 158 Å². The molecule has 7 nitrogen and oxygen atoms in total. The molecule has 26 heavy (non-hydrogen) atoms. The molecule has 0 aliphatic carbocycles. The highest BCUT2D eigenvalue weighted by atomic mass is 32.2. The van der Waals surface area contributed by atoms with Crippen LogP contribution in [0.15, 0.2) is 23.1 Å². The highest BCUT2D eigenvalue weighted by Gasteiger charge is 2.29. The zero-order valence-electron chi connectivity index (χ0n) is 15.3. The number of hydrogen-bond donors (Lipinski definition) is 0. The molecule has 0 atom stereocenters. The van der Waals surface area contributed by atoms with Crippen LogP contribution in [-0.4, -0.2) is 62.0 Å². The van der Waals surface area contributed by atoms with Gasteiger partial charge < -0.3 is 9.64 Å². The van der Waals surface area contributed by atoms with Crippen molar-refractivity contribution in [1.82, 2.24) is 13.7 Å². The van der Waals surface area contributed by atoms with Gasteiger partial charge in [-0.1, -0.05) is 6.07 Å².